The molecule has 4 rings (SSSR count). The number of H-pyrrole nitrogens is 1. The summed E-state index contributed by atoms with van der Waals surface area (Å²) < 4.78 is 1.95. The van der Waals surface area contributed by atoms with Gasteiger partial charge in [0.05, 0.1) is 11.7 Å². The van der Waals surface area contributed by atoms with Crippen LogP contribution in [0.15, 0.2) is 48.8 Å². The topological polar surface area (TPSA) is 66.8 Å². The van der Waals surface area contributed by atoms with Crippen LogP contribution in [0, 0.1) is 6.92 Å². The molecule has 25 heavy (non-hydrogen) atoms. The number of likely N-dealkylation sites (tertiary alicyclic amines) is 1. The Bertz CT molecular complexity index is 868. The number of nitrogens with zero attached hydrogens (tertiary/aromatic N) is 4. The molecule has 1 aliphatic heterocycles. The van der Waals surface area contributed by atoms with Gasteiger partial charge in [0.1, 0.15) is 5.69 Å². The second-order valence-corrected chi connectivity index (χ2v) is 6.52. The quantitative estimate of drug-likeness (QED) is 0.800. The molecule has 1 N–H and O–H groups in total. The van der Waals surface area contributed by atoms with Crippen molar-refractivity contribution in [1.29, 1.82) is 0 Å². The summed E-state index contributed by atoms with van der Waals surface area (Å²) >= 11 is 0. The van der Waals surface area contributed by atoms with E-state index in [9.17, 15) is 4.79 Å². The zero-order valence-electron chi connectivity index (χ0n) is 14.2. The highest BCUT2D eigenvalue weighted by atomic mass is 16.2. The van der Waals surface area contributed by atoms with E-state index in [4.69, 9.17) is 0 Å². The summed E-state index contributed by atoms with van der Waals surface area (Å²) in [4.78, 5) is 14.8. The molecule has 0 saturated carbocycles. The van der Waals surface area contributed by atoms with Crippen LogP contribution in [0.5, 0.6) is 0 Å². The van der Waals surface area contributed by atoms with Crippen molar-refractivity contribution in [3.8, 4) is 11.3 Å². The van der Waals surface area contributed by atoms with Crippen molar-refractivity contribution >= 4 is 5.91 Å². The second-order valence-electron chi connectivity index (χ2n) is 6.52. The summed E-state index contributed by atoms with van der Waals surface area (Å²) in [7, 11) is 0. The Balaban J connectivity index is 1.52. The van der Waals surface area contributed by atoms with E-state index < -0.39 is 0 Å². The number of amides is 1. The number of aromatic amines is 1. The Morgan fingerprint density at radius 3 is 2.96 bits per heavy atom. The first kappa shape index (κ1) is 15.6. The molecule has 1 saturated heterocycles. The molecule has 1 aliphatic rings. The van der Waals surface area contributed by atoms with Crippen LogP contribution in [0.3, 0.4) is 0 Å². The molecule has 0 spiro atoms. The number of rotatable bonds is 3. The van der Waals surface area contributed by atoms with E-state index in [1.165, 1.54) is 0 Å². The number of hydrogen-bond acceptors (Lipinski definition) is 3. The van der Waals surface area contributed by atoms with Gasteiger partial charge in [-0.25, -0.2) is 0 Å². The Hall–Kier alpha value is -2.89. The molecule has 0 bridgehead atoms. The molecule has 0 aliphatic carbocycles. The van der Waals surface area contributed by atoms with Crippen molar-refractivity contribution in [3.05, 3.63) is 60.0 Å². The zero-order valence-corrected chi connectivity index (χ0v) is 14.2. The molecular formula is C19H21N5O. The summed E-state index contributed by atoms with van der Waals surface area (Å²) in [6.07, 6.45) is 5.77. The van der Waals surface area contributed by atoms with Gasteiger partial charge in [-0.1, -0.05) is 24.3 Å². The first-order valence-electron chi connectivity index (χ1n) is 8.62. The normalized spacial score (nSPS) is 17.6. The van der Waals surface area contributed by atoms with Crippen LogP contribution in [0.4, 0.5) is 0 Å². The van der Waals surface area contributed by atoms with E-state index in [-0.39, 0.29) is 11.9 Å². The fourth-order valence-corrected chi connectivity index (χ4v) is 3.45. The smallest absolute Gasteiger partial charge is 0.271 e. The van der Waals surface area contributed by atoms with Gasteiger partial charge in [0, 0.05) is 31.0 Å². The molecule has 1 atom stereocenters. The van der Waals surface area contributed by atoms with Gasteiger partial charge in [-0.2, -0.15) is 10.2 Å². The third-order valence-corrected chi connectivity index (χ3v) is 4.81. The minimum atomic E-state index is 0.00388. The van der Waals surface area contributed by atoms with Gasteiger partial charge in [-0.05, 0) is 37.5 Å². The minimum Gasteiger partial charge on any atom is -0.335 e. The van der Waals surface area contributed by atoms with E-state index in [2.05, 4.69) is 15.3 Å². The number of nitrogens with one attached hydrogen (secondary N) is 1. The van der Waals surface area contributed by atoms with Gasteiger partial charge in [0.25, 0.3) is 5.91 Å². The monoisotopic (exact) mass is 335 g/mol. The minimum absolute atomic E-state index is 0.00388. The third kappa shape index (κ3) is 3.07. The van der Waals surface area contributed by atoms with Crippen molar-refractivity contribution in [1.82, 2.24) is 24.9 Å². The molecule has 1 aromatic carbocycles. The highest BCUT2D eigenvalue weighted by molar-refractivity contribution is 5.93. The van der Waals surface area contributed by atoms with Gasteiger partial charge in [-0.15, -0.1) is 0 Å². The predicted molar refractivity (Wildman–Crippen MR) is 95.2 cm³/mol. The summed E-state index contributed by atoms with van der Waals surface area (Å²) in [5.41, 5.74) is 3.54. The molecule has 3 aromatic rings. The highest BCUT2D eigenvalue weighted by Crippen LogP contribution is 2.24. The van der Waals surface area contributed by atoms with Crippen molar-refractivity contribution in [2.45, 2.75) is 25.8 Å². The Kier molecular flexibility index (Phi) is 4.09. The largest absolute Gasteiger partial charge is 0.335 e. The third-order valence-electron chi connectivity index (χ3n) is 4.81. The lowest BCUT2D eigenvalue weighted by atomic mass is 10.0. The molecule has 6 heteroatoms. The van der Waals surface area contributed by atoms with Crippen LogP contribution in [0.1, 0.15) is 34.9 Å². The zero-order chi connectivity index (χ0) is 17.2. The maximum atomic E-state index is 12.9. The molecule has 1 fully saturated rings. The number of benzene rings is 1. The van der Waals surface area contributed by atoms with Gasteiger partial charge < -0.3 is 4.90 Å². The SMILES string of the molecule is Cc1ccccc1-c1cc(C(=O)N2CCCC(n3cccn3)C2)[nH]n1. The summed E-state index contributed by atoms with van der Waals surface area (Å²) in [6, 6.07) is 12.1. The fourth-order valence-electron chi connectivity index (χ4n) is 3.45. The summed E-state index contributed by atoms with van der Waals surface area (Å²) in [5, 5.41) is 11.6. The lowest BCUT2D eigenvalue weighted by Gasteiger charge is -2.32. The Labute approximate surface area is 146 Å². The Morgan fingerprint density at radius 2 is 2.16 bits per heavy atom. The number of hydrogen-bond donors (Lipinski definition) is 1. The number of aryl methyl sites for hydroxylation is 1. The first-order chi connectivity index (χ1) is 12.2. The predicted octanol–water partition coefficient (Wildman–Crippen LogP) is 3.06. The van der Waals surface area contributed by atoms with Crippen molar-refractivity contribution in [3.63, 3.8) is 0 Å². The fraction of sp³-hybridized carbons (Fsp3) is 0.316. The van der Waals surface area contributed by atoms with E-state index >= 15 is 0 Å². The molecule has 3 heterocycles. The number of carbonyl (C=O) groups is 1. The van der Waals surface area contributed by atoms with Gasteiger partial charge in [0.15, 0.2) is 0 Å². The van der Waals surface area contributed by atoms with Crippen LogP contribution >= 0.6 is 0 Å². The number of carbonyl (C=O) groups excluding carboxylic acids is 1. The van der Waals surface area contributed by atoms with E-state index in [0.29, 0.717) is 12.2 Å². The molecule has 128 valence electrons. The van der Waals surface area contributed by atoms with Gasteiger partial charge in [0.2, 0.25) is 0 Å². The molecule has 1 unspecified atom stereocenters. The maximum absolute atomic E-state index is 12.9. The number of aromatic nitrogens is 4. The van der Waals surface area contributed by atoms with Crippen LogP contribution in [0.25, 0.3) is 11.3 Å². The van der Waals surface area contributed by atoms with Crippen molar-refractivity contribution in [2.24, 2.45) is 0 Å². The van der Waals surface area contributed by atoms with Crippen molar-refractivity contribution < 1.29 is 4.79 Å². The van der Waals surface area contributed by atoms with Gasteiger partial charge in [-0.3, -0.25) is 14.6 Å². The number of piperidine rings is 1. The summed E-state index contributed by atoms with van der Waals surface area (Å²) in [5.74, 6) is 0.00388. The van der Waals surface area contributed by atoms with Crippen LogP contribution in [-0.2, 0) is 0 Å². The highest BCUT2D eigenvalue weighted by Gasteiger charge is 2.26. The van der Waals surface area contributed by atoms with E-state index in [1.54, 1.807) is 6.20 Å². The van der Waals surface area contributed by atoms with E-state index in [0.717, 1.165) is 36.2 Å². The maximum Gasteiger partial charge on any atom is 0.271 e. The van der Waals surface area contributed by atoms with E-state index in [1.807, 2.05) is 59.1 Å². The molecule has 1 amide bonds. The molecule has 6 nitrogen and oxygen atoms in total. The Morgan fingerprint density at radius 1 is 1.28 bits per heavy atom. The standard InChI is InChI=1S/C19H21N5O/c1-14-6-2-3-8-16(14)17-12-18(22-21-17)19(25)23-10-4-7-15(13-23)24-11-5-9-20-24/h2-3,5-6,8-9,11-12,15H,4,7,10,13H2,1H3,(H,21,22). The van der Waals surface area contributed by atoms with Crippen molar-refractivity contribution in [2.75, 3.05) is 13.1 Å². The van der Waals surface area contributed by atoms with Crippen LogP contribution in [-0.4, -0.2) is 43.9 Å². The first-order valence-corrected chi connectivity index (χ1v) is 8.62. The molecule has 0 radical (unpaired) electrons. The van der Waals surface area contributed by atoms with Gasteiger partial charge >= 0.3 is 0 Å². The molecular weight excluding hydrogens is 314 g/mol. The van der Waals surface area contributed by atoms with Crippen LogP contribution in [0.2, 0.25) is 0 Å². The average molecular weight is 335 g/mol. The summed E-state index contributed by atoms with van der Waals surface area (Å²) in [6.45, 7) is 3.50. The average Bonchev–Trinajstić information content (AvgIpc) is 3.34. The lowest BCUT2D eigenvalue weighted by molar-refractivity contribution is 0.0667. The lowest BCUT2D eigenvalue weighted by Crippen LogP contribution is -2.41. The second kappa shape index (κ2) is 6.55. The van der Waals surface area contributed by atoms with Crippen LogP contribution < -0.4 is 0 Å². The molecule has 2 aromatic heterocycles.